The molecule has 6 nitrogen and oxygen atoms in total. The van der Waals surface area contributed by atoms with Crippen LogP contribution in [0.2, 0.25) is 0 Å². The van der Waals surface area contributed by atoms with E-state index in [-0.39, 0.29) is 33.3 Å². The van der Waals surface area contributed by atoms with Crippen LogP contribution in [-0.2, 0) is 6.18 Å². The highest BCUT2D eigenvalue weighted by atomic mass is 19.4. The van der Waals surface area contributed by atoms with E-state index in [1.54, 1.807) is 42.5 Å². The van der Waals surface area contributed by atoms with Crippen molar-refractivity contribution in [2.24, 2.45) is 0 Å². The summed E-state index contributed by atoms with van der Waals surface area (Å²) in [4.78, 5) is 0. The third kappa shape index (κ3) is 5.57. The Bertz CT molecular complexity index is 1570. The van der Waals surface area contributed by atoms with Crippen LogP contribution in [0.4, 0.5) is 13.2 Å². The molecule has 0 saturated heterocycles. The van der Waals surface area contributed by atoms with Crippen LogP contribution in [0.25, 0.3) is 11.1 Å². The molecule has 0 bridgehead atoms. The van der Waals surface area contributed by atoms with E-state index in [4.69, 9.17) is 9.47 Å². The minimum Gasteiger partial charge on any atom is -0.456 e. The van der Waals surface area contributed by atoms with E-state index in [0.29, 0.717) is 5.75 Å². The summed E-state index contributed by atoms with van der Waals surface area (Å²) in [6.07, 6.45) is -4.64. The molecular formula is C26H13F3N4O2. The second-order valence-corrected chi connectivity index (χ2v) is 7.09. The molecule has 0 fully saturated rings. The number of ether oxygens (including phenoxy) is 2. The Morgan fingerprint density at radius 3 is 1.71 bits per heavy atom. The van der Waals surface area contributed by atoms with E-state index >= 15 is 0 Å². The number of benzene rings is 3. The van der Waals surface area contributed by atoms with Gasteiger partial charge in [0.2, 0.25) is 0 Å². The minimum absolute atomic E-state index is 0.0265. The van der Waals surface area contributed by atoms with E-state index in [2.05, 4.69) is 0 Å². The summed E-state index contributed by atoms with van der Waals surface area (Å²) in [5, 5.41) is 37.7. The number of rotatable bonds is 4. The predicted molar refractivity (Wildman–Crippen MR) is 118 cm³/mol. The molecule has 0 N–H and O–H groups in total. The topological polar surface area (TPSA) is 114 Å². The lowest BCUT2D eigenvalue weighted by atomic mass is 10.1. The van der Waals surface area contributed by atoms with Crippen LogP contribution in [0.1, 0.15) is 11.1 Å². The molecule has 170 valence electrons. The van der Waals surface area contributed by atoms with Crippen molar-refractivity contribution in [1.29, 1.82) is 21.0 Å². The third-order valence-corrected chi connectivity index (χ3v) is 4.66. The number of nitriles is 4. The molecule has 35 heavy (non-hydrogen) atoms. The van der Waals surface area contributed by atoms with Crippen molar-refractivity contribution in [2.45, 2.75) is 13.1 Å². The van der Waals surface area contributed by atoms with Crippen LogP contribution in [0.5, 0.6) is 23.0 Å². The summed E-state index contributed by atoms with van der Waals surface area (Å²) in [6, 6.07) is 20.1. The maximum Gasteiger partial charge on any atom is 0.416 e. The molecule has 3 aromatic rings. The van der Waals surface area contributed by atoms with Crippen molar-refractivity contribution in [3.63, 3.8) is 0 Å². The Morgan fingerprint density at radius 2 is 1.23 bits per heavy atom. The number of alkyl halides is 3. The SMILES string of the molecule is Cc1cccc(Oc2cc(=C(C#N)C#N)cc(Oc3cccc(C(F)(F)F)c3)c2=C(C#N)C#N)c1. The lowest BCUT2D eigenvalue weighted by Crippen LogP contribution is -2.18. The van der Waals surface area contributed by atoms with Crippen LogP contribution < -0.4 is 19.9 Å². The van der Waals surface area contributed by atoms with Crippen molar-refractivity contribution < 1.29 is 22.6 Å². The molecule has 0 atom stereocenters. The van der Waals surface area contributed by atoms with Crippen molar-refractivity contribution in [2.75, 3.05) is 0 Å². The largest absolute Gasteiger partial charge is 0.456 e. The van der Waals surface area contributed by atoms with Crippen molar-refractivity contribution >= 4 is 11.1 Å². The standard InChI is InChI=1S/C26H13F3N4O2/c1-16-4-2-6-21(8-16)34-23-9-17(18(12-30)13-31)10-24(25(23)19(14-32)15-33)35-22-7-3-5-20(11-22)26(27,28)29/h2-11H,1H3. The summed E-state index contributed by atoms with van der Waals surface area (Å²) in [5.74, 6) is -0.272. The maximum absolute atomic E-state index is 13.2. The minimum atomic E-state index is -4.64. The molecule has 0 aliphatic carbocycles. The van der Waals surface area contributed by atoms with Gasteiger partial charge in [-0.05, 0) is 55.0 Å². The predicted octanol–water partition coefficient (Wildman–Crippen LogP) is 4.99. The molecule has 9 heteroatoms. The highest BCUT2D eigenvalue weighted by Crippen LogP contribution is 2.32. The zero-order chi connectivity index (χ0) is 25.6. The van der Waals surface area contributed by atoms with Gasteiger partial charge >= 0.3 is 6.18 Å². The van der Waals surface area contributed by atoms with Crippen LogP contribution in [0, 0.1) is 52.2 Å². The Labute approximate surface area is 197 Å². The van der Waals surface area contributed by atoms with Gasteiger partial charge in [0, 0.05) is 5.22 Å². The average Bonchev–Trinajstić information content (AvgIpc) is 2.82. The highest BCUT2D eigenvalue weighted by Gasteiger charge is 2.30. The molecule has 0 amide bonds. The Balaban J connectivity index is 2.37. The molecular weight excluding hydrogens is 457 g/mol. The summed E-state index contributed by atoms with van der Waals surface area (Å²) >= 11 is 0. The summed E-state index contributed by atoms with van der Waals surface area (Å²) in [5.41, 5.74) is -0.923. The van der Waals surface area contributed by atoms with E-state index in [1.165, 1.54) is 18.2 Å². The second kappa shape index (κ2) is 10.1. The van der Waals surface area contributed by atoms with Gasteiger partial charge in [-0.3, -0.25) is 0 Å². The first-order chi connectivity index (χ1) is 16.7. The second-order valence-electron chi connectivity index (χ2n) is 7.09. The van der Waals surface area contributed by atoms with Gasteiger partial charge in [0.15, 0.2) is 0 Å². The zero-order valence-electron chi connectivity index (χ0n) is 18.0. The molecule has 0 aromatic heterocycles. The molecule has 0 unspecified atom stereocenters. The number of nitrogens with zero attached hydrogens (tertiary/aromatic N) is 4. The Kier molecular flexibility index (Phi) is 7.06. The van der Waals surface area contributed by atoms with Gasteiger partial charge in [-0.15, -0.1) is 0 Å². The molecule has 0 aliphatic heterocycles. The van der Waals surface area contributed by atoms with Crippen LogP contribution in [0.15, 0.2) is 60.7 Å². The van der Waals surface area contributed by atoms with Gasteiger partial charge in [-0.1, -0.05) is 18.2 Å². The van der Waals surface area contributed by atoms with E-state index in [9.17, 15) is 34.2 Å². The highest BCUT2D eigenvalue weighted by molar-refractivity contribution is 5.78. The molecule has 0 heterocycles. The fourth-order valence-electron chi connectivity index (χ4n) is 3.10. The van der Waals surface area contributed by atoms with Crippen molar-refractivity contribution in [3.05, 3.63) is 82.2 Å². The summed E-state index contributed by atoms with van der Waals surface area (Å²) < 4.78 is 51.1. The third-order valence-electron chi connectivity index (χ3n) is 4.66. The van der Waals surface area contributed by atoms with Crippen LogP contribution >= 0.6 is 0 Å². The Hall–Kier alpha value is -5.25. The first kappa shape index (κ1) is 24.4. The smallest absolute Gasteiger partial charge is 0.416 e. The summed E-state index contributed by atoms with van der Waals surface area (Å²) in [7, 11) is 0. The van der Waals surface area contributed by atoms with Crippen LogP contribution in [0.3, 0.4) is 0 Å². The lowest BCUT2D eigenvalue weighted by Gasteiger charge is -2.14. The van der Waals surface area contributed by atoms with Crippen molar-refractivity contribution in [1.82, 2.24) is 0 Å². The van der Waals surface area contributed by atoms with Gasteiger partial charge in [-0.2, -0.15) is 34.2 Å². The van der Waals surface area contributed by atoms with Gasteiger partial charge in [0.1, 0.15) is 58.4 Å². The number of hydrogen-bond donors (Lipinski definition) is 0. The first-order valence-corrected chi connectivity index (χ1v) is 9.83. The van der Waals surface area contributed by atoms with E-state index in [1.807, 2.05) is 13.0 Å². The monoisotopic (exact) mass is 470 g/mol. The number of halogens is 3. The first-order valence-electron chi connectivity index (χ1n) is 9.83. The zero-order valence-corrected chi connectivity index (χ0v) is 18.0. The van der Waals surface area contributed by atoms with E-state index in [0.717, 1.165) is 23.8 Å². The quantitative estimate of drug-likeness (QED) is 0.531. The number of hydrogen-bond acceptors (Lipinski definition) is 6. The van der Waals surface area contributed by atoms with Crippen molar-refractivity contribution in [3.8, 4) is 47.3 Å². The number of aryl methyl sites for hydroxylation is 1. The molecule has 0 aliphatic rings. The normalized spacial score (nSPS) is 10.2. The van der Waals surface area contributed by atoms with Gasteiger partial charge < -0.3 is 9.47 Å². The van der Waals surface area contributed by atoms with E-state index < -0.39 is 17.3 Å². The average molecular weight is 470 g/mol. The van der Waals surface area contributed by atoms with Gasteiger partial charge in [0.25, 0.3) is 0 Å². The fraction of sp³-hybridized carbons (Fsp3) is 0.0769. The lowest BCUT2D eigenvalue weighted by molar-refractivity contribution is -0.137. The van der Waals surface area contributed by atoms with Gasteiger partial charge in [0.05, 0.1) is 10.8 Å². The molecule has 0 spiro atoms. The molecule has 3 rings (SSSR count). The molecule has 0 saturated carbocycles. The summed E-state index contributed by atoms with van der Waals surface area (Å²) in [6.45, 7) is 1.81. The van der Waals surface area contributed by atoms with Gasteiger partial charge in [-0.25, -0.2) is 0 Å². The van der Waals surface area contributed by atoms with Crippen LogP contribution in [-0.4, -0.2) is 0 Å². The Morgan fingerprint density at radius 1 is 0.714 bits per heavy atom. The maximum atomic E-state index is 13.2. The molecule has 3 aromatic carbocycles. The molecule has 0 radical (unpaired) electrons. The fourth-order valence-corrected chi connectivity index (χ4v) is 3.10.